The number of hydrogen-bond acceptors (Lipinski definition) is 4. The second-order valence-electron chi connectivity index (χ2n) is 3.33. The second-order valence-corrected chi connectivity index (χ2v) is 3.33. The number of aromatic carboxylic acids is 1. The Balaban J connectivity index is 0.00000225. The lowest BCUT2D eigenvalue weighted by molar-refractivity contribution is 0.0683. The topological polar surface area (TPSA) is 66.6 Å². The van der Waals surface area contributed by atoms with Crippen molar-refractivity contribution in [2.75, 3.05) is 13.1 Å². The molecule has 6 heteroatoms. The minimum atomic E-state index is -1.03. The van der Waals surface area contributed by atoms with Gasteiger partial charge in [-0.3, -0.25) is 4.90 Å². The highest BCUT2D eigenvalue weighted by Gasteiger charge is 2.20. The molecule has 16 heavy (non-hydrogen) atoms. The largest absolute Gasteiger partial charge is 0.476 e. The van der Waals surface area contributed by atoms with Gasteiger partial charge in [-0.05, 0) is 20.0 Å². The maximum atomic E-state index is 10.9. The highest BCUT2D eigenvalue weighted by atomic mass is 35.5. The quantitative estimate of drug-likeness (QED) is 0.863. The van der Waals surface area contributed by atoms with Crippen LogP contribution in [0.25, 0.3) is 0 Å². The van der Waals surface area contributed by atoms with E-state index in [9.17, 15) is 4.79 Å². The van der Waals surface area contributed by atoms with Gasteiger partial charge in [0.05, 0.1) is 0 Å². The summed E-state index contributed by atoms with van der Waals surface area (Å²) in [6, 6.07) is 0. The lowest BCUT2D eigenvalue weighted by Crippen LogP contribution is -2.23. The fraction of sp³-hybridized carbons (Fsp3) is 0.600. The van der Waals surface area contributed by atoms with Crippen LogP contribution in [0.4, 0.5) is 0 Å². The van der Waals surface area contributed by atoms with Crippen molar-refractivity contribution in [1.82, 2.24) is 10.1 Å². The predicted octanol–water partition coefficient (Wildman–Crippen LogP) is 1.94. The summed E-state index contributed by atoms with van der Waals surface area (Å²) in [7, 11) is 0. The fourth-order valence-electron chi connectivity index (χ4n) is 1.42. The van der Waals surface area contributed by atoms with Gasteiger partial charge in [0.1, 0.15) is 5.76 Å². The van der Waals surface area contributed by atoms with Crippen LogP contribution in [0.15, 0.2) is 4.52 Å². The number of rotatable bonds is 5. The SMILES string of the molecule is CCN(CC)Cc1c(C(=O)O)noc1C.Cl. The molecule has 0 aliphatic heterocycles. The normalized spacial score (nSPS) is 10.2. The molecule has 0 atom stereocenters. The summed E-state index contributed by atoms with van der Waals surface area (Å²) < 4.78 is 4.89. The van der Waals surface area contributed by atoms with Crippen molar-refractivity contribution in [2.45, 2.75) is 27.3 Å². The molecule has 1 aromatic rings. The summed E-state index contributed by atoms with van der Waals surface area (Å²) >= 11 is 0. The van der Waals surface area contributed by atoms with Gasteiger partial charge in [-0.1, -0.05) is 19.0 Å². The lowest BCUT2D eigenvalue weighted by atomic mass is 10.2. The summed E-state index contributed by atoms with van der Waals surface area (Å²) in [5, 5.41) is 12.4. The zero-order valence-corrected chi connectivity index (χ0v) is 10.5. The van der Waals surface area contributed by atoms with Gasteiger partial charge in [0, 0.05) is 12.1 Å². The van der Waals surface area contributed by atoms with Gasteiger partial charge in [0.25, 0.3) is 0 Å². The molecule has 1 aromatic heterocycles. The molecule has 0 saturated carbocycles. The Hall–Kier alpha value is -1.07. The van der Waals surface area contributed by atoms with Crippen LogP contribution in [0.5, 0.6) is 0 Å². The van der Waals surface area contributed by atoms with Crippen molar-refractivity contribution in [3.8, 4) is 0 Å². The molecule has 0 saturated heterocycles. The van der Waals surface area contributed by atoms with Crippen LogP contribution in [0.1, 0.15) is 35.7 Å². The molecule has 0 unspecified atom stereocenters. The first-order valence-corrected chi connectivity index (χ1v) is 5.00. The molecule has 92 valence electrons. The third kappa shape index (κ3) is 3.21. The fourth-order valence-corrected chi connectivity index (χ4v) is 1.42. The van der Waals surface area contributed by atoms with E-state index in [0.29, 0.717) is 17.9 Å². The Labute approximate surface area is 101 Å². The average molecular weight is 249 g/mol. The minimum Gasteiger partial charge on any atom is -0.476 e. The van der Waals surface area contributed by atoms with Gasteiger partial charge in [-0.25, -0.2) is 4.79 Å². The van der Waals surface area contributed by atoms with Crippen LogP contribution in [0, 0.1) is 6.92 Å². The highest BCUT2D eigenvalue weighted by molar-refractivity contribution is 5.87. The molecule has 0 spiro atoms. The number of carbonyl (C=O) groups is 1. The summed E-state index contributed by atoms with van der Waals surface area (Å²) in [6.45, 7) is 8.13. The van der Waals surface area contributed by atoms with E-state index in [1.807, 2.05) is 13.8 Å². The van der Waals surface area contributed by atoms with Gasteiger partial charge < -0.3 is 9.63 Å². The number of carboxylic acids is 1. The Morgan fingerprint density at radius 3 is 2.44 bits per heavy atom. The molecule has 0 aliphatic carbocycles. The first-order valence-electron chi connectivity index (χ1n) is 5.00. The third-order valence-corrected chi connectivity index (χ3v) is 2.46. The maximum absolute atomic E-state index is 10.9. The molecule has 0 bridgehead atoms. The molecule has 5 nitrogen and oxygen atoms in total. The Morgan fingerprint density at radius 2 is 2.00 bits per heavy atom. The van der Waals surface area contributed by atoms with Gasteiger partial charge in [0.15, 0.2) is 5.69 Å². The number of aromatic nitrogens is 1. The highest BCUT2D eigenvalue weighted by Crippen LogP contribution is 2.15. The number of nitrogens with zero attached hydrogens (tertiary/aromatic N) is 2. The number of halogens is 1. The Bertz CT molecular complexity index is 348. The zero-order valence-electron chi connectivity index (χ0n) is 9.69. The standard InChI is InChI=1S/C10H16N2O3.ClH/c1-4-12(5-2)6-8-7(3)15-11-9(8)10(13)14;/h4-6H2,1-3H3,(H,13,14);1H. The first kappa shape index (κ1) is 14.9. The zero-order chi connectivity index (χ0) is 11.4. The van der Waals surface area contributed by atoms with E-state index in [1.165, 1.54) is 0 Å². The van der Waals surface area contributed by atoms with Crippen molar-refractivity contribution < 1.29 is 14.4 Å². The van der Waals surface area contributed by atoms with Crippen LogP contribution in [-0.4, -0.2) is 34.2 Å². The molecular formula is C10H17ClN2O3. The summed E-state index contributed by atoms with van der Waals surface area (Å²) in [5.41, 5.74) is 0.700. The second kappa shape index (κ2) is 6.50. The molecule has 0 aromatic carbocycles. The van der Waals surface area contributed by atoms with E-state index in [4.69, 9.17) is 9.63 Å². The van der Waals surface area contributed by atoms with E-state index in [1.54, 1.807) is 6.92 Å². The van der Waals surface area contributed by atoms with Crippen molar-refractivity contribution >= 4 is 18.4 Å². The summed E-state index contributed by atoms with van der Waals surface area (Å²) in [4.78, 5) is 13.0. The number of aryl methyl sites for hydroxylation is 1. The van der Waals surface area contributed by atoms with Crippen molar-refractivity contribution in [3.63, 3.8) is 0 Å². The number of carboxylic acid groups (broad SMARTS) is 1. The Kier molecular flexibility index (Phi) is 6.06. The molecule has 0 amide bonds. The summed E-state index contributed by atoms with van der Waals surface area (Å²) in [5.74, 6) is -0.451. The van der Waals surface area contributed by atoms with E-state index < -0.39 is 5.97 Å². The molecule has 1 heterocycles. The van der Waals surface area contributed by atoms with Crippen LogP contribution in [-0.2, 0) is 6.54 Å². The molecule has 0 radical (unpaired) electrons. The van der Waals surface area contributed by atoms with E-state index >= 15 is 0 Å². The monoisotopic (exact) mass is 248 g/mol. The van der Waals surface area contributed by atoms with Crippen LogP contribution in [0.2, 0.25) is 0 Å². The minimum absolute atomic E-state index is 0. The van der Waals surface area contributed by atoms with Gasteiger partial charge in [-0.2, -0.15) is 0 Å². The van der Waals surface area contributed by atoms with E-state index in [0.717, 1.165) is 13.1 Å². The molecule has 0 fully saturated rings. The molecular weight excluding hydrogens is 232 g/mol. The summed E-state index contributed by atoms with van der Waals surface area (Å²) in [6.07, 6.45) is 0. The van der Waals surface area contributed by atoms with Crippen LogP contribution < -0.4 is 0 Å². The van der Waals surface area contributed by atoms with Gasteiger partial charge in [0.2, 0.25) is 0 Å². The molecule has 1 N–H and O–H groups in total. The average Bonchev–Trinajstić information content (AvgIpc) is 2.56. The lowest BCUT2D eigenvalue weighted by Gasteiger charge is -2.17. The third-order valence-electron chi connectivity index (χ3n) is 2.46. The predicted molar refractivity (Wildman–Crippen MR) is 62.1 cm³/mol. The van der Waals surface area contributed by atoms with Crippen molar-refractivity contribution in [2.24, 2.45) is 0 Å². The van der Waals surface area contributed by atoms with Crippen LogP contribution >= 0.6 is 12.4 Å². The van der Waals surface area contributed by atoms with E-state index in [-0.39, 0.29) is 18.1 Å². The van der Waals surface area contributed by atoms with E-state index in [2.05, 4.69) is 10.1 Å². The Morgan fingerprint density at radius 1 is 1.44 bits per heavy atom. The number of hydrogen-bond donors (Lipinski definition) is 1. The van der Waals surface area contributed by atoms with Gasteiger partial charge >= 0.3 is 5.97 Å². The maximum Gasteiger partial charge on any atom is 0.358 e. The van der Waals surface area contributed by atoms with Gasteiger partial charge in [-0.15, -0.1) is 12.4 Å². The first-order chi connectivity index (χ1) is 7.10. The molecule has 1 rings (SSSR count). The van der Waals surface area contributed by atoms with Crippen LogP contribution in [0.3, 0.4) is 0 Å². The molecule has 0 aliphatic rings. The van der Waals surface area contributed by atoms with Crippen molar-refractivity contribution in [3.05, 3.63) is 17.0 Å². The van der Waals surface area contributed by atoms with Crippen molar-refractivity contribution in [1.29, 1.82) is 0 Å². The smallest absolute Gasteiger partial charge is 0.358 e.